The van der Waals surface area contributed by atoms with Gasteiger partial charge in [0.05, 0.1) is 17.9 Å². The molecule has 10 heteroatoms. The van der Waals surface area contributed by atoms with E-state index in [1.807, 2.05) is 42.5 Å². The van der Waals surface area contributed by atoms with Crippen molar-refractivity contribution in [2.75, 3.05) is 35.6 Å². The lowest BCUT2D eigenvalue weighted by molar-refractivity contribution is -0.117. The van der Waals surface area contributed by atoms with E-state index in [1.165, 1.54) is 0 Å². The molecule has 10 nitrogen and oxygen atoms in total. The Kier molecular flexibility index (Phi) is 8.30. The average Bonchev–Trinajstić information content (AvgIpc) is 3.61. The number of carbonyl (C=O) groups is 2. The van der Waals surface area contributed by atoms with Gasteiger partial charge in [-0.15, -0.1) is 0 Å². The lowest BCUT2D eigenvalue weighted by Crippen LogP contribution is -2.30. The molecule has 1 aliphatic rings. The van der Waals surface area contributed by atoms with E-state index in [9.17, 15) is 9.59 Å². The van der Waals surface area contributed by atoms with Gasteiger partial charge in [0, 0.05) is 35.1 Å². The molecule has 0 bridgehead atoms. The van der Waals surface area contributed by atoms with Crippen molar-refractivity contribution >= 4 is 29.1 Å². The van der Waals surface area contributed by atoms with E-state index in [-0.39, 0.29) is 11.3 Å². The summed E-state index contributed by atoms with van der Waals surface area (Å²) in [5, 5.41) is 13.5. The van der Waals surface area contributed by atoms with Crippen molar-refractivity contribution in [1.29, 1.82) is 0 Å². The van der Waals surface area contributed by atoms with E-state index in [0.29, 0.717) is 35.4 Å². The first-order valence-electron chi connectivity index (χ1n) is 13.7. The molecule has 1 saturated heterocycles. The summed E-state index contributed by atoms with van der Waals surface area (Å²) in [5.74, 6) is 1.60. The smallest absolute Gasteiger partial charge is 0.324 e. The molecular weight excluding hydrogens is 518 g/mol. The minimum atomic E-state index is -0.407. The molecule has 5 rings (SSSR count). The van der Waals surface area contributed by atoms with Gasteiger partial charge in [0.25, 0.3) is 0 Å². The van der Waals surface area contributed by atoms with Crippen LogP contribution in [0.1, 0.15) is 39.3 Å². The molecule has 2 aromatic carbocycles. The second kappa shape index (κ2) is 12.2. The van der Waals surface area contributed by atoms with Crippen molar-refractivity contribution in [3.63, 3.8) is 0 Å². The second-order valence-electron chi connectivity index (χ2n) is 11.0. The normalized spacial score (nSPS) is 13.5. The Hall–Kier alpha value is -4.70. The lowest BCUT2D eigenvalue weighted by Gasteiger charge is -2.15. The molecule has 0 radical (unpaired) electrons. The summed E-state index contributed by atoms with van der Waals surface area (Å²) in [6.45, 7) is 8.54. The summed E-state index contributed by atoms with van der Waals surface area (Å²) in [6, 6.07) is 21.4. The van der Waals surface area contributed by atoms with Crippen molar-refractivity contribution < 1.29 is 14.3 Å². The Morgan fingerprint density at radius 1 is 0.878 bits per heavy atom. The summed E-state index contributed by atoms with van der Waals surface area (Å²) in [6.07, 6.45) is 3.95. The van der Waals surface area contributed by atoms with Crippen molar-refractivity contribution in [2.45, 2.75) is 39.0 Å². The van der Waals surface area contributed by atoms with E-state index in [4.69, 9.17) is 9.84 Å². The van der Waals surface area contributed by atoms with E-state index < -0.39 is 6.03 Å². The number of anilines is 3. The van der Waals surface area contributed by atoms with Crippen molar-refractivity contribution in [1.82, 2.24) is 19.7 Å². The lowest BCUT2D eigenvalue weighted by atomic mass is 9.92. The molecular formula is C31H35N7O3. The standard InChI is InChI=1S/C31H35N7O3/c1-31(2,3)26-20-27(35-30(40)34-23-11-15-25(16-12-23)41-29-8-4-5-17-32-29)38(36-26)24-13-9-22(10-14-24)33-28(39)21-37-18-6-7-19-37/h4-5,8-17,20H,6-7,18-19,21H2,1-3H3,(H,33,39)(H2,34,35,40). The zero-order valence-electron chi connectivity index (χ0n) is 23.6. The van der Waals surface area contributed by atoms with E-state index in [1.54, 1.807) is 41.2 Å². The van der Waals surface area contributed by atoms with Gasteiger partial charge in [0.15, 0.2) is 0 Å². The molecule has 0 aliphatic carbocycles. The minimum Gasteiger partial charge on any atom is -0.439 e. The Balaban J connectivity index is 1.25. The highest BCUT2D eigenvalue weighted by atomic mass is 16.5. The molecule has 1 fully saturated rings. The molecule has 41 heavy (non-hydrogen) atoms. The zero-order chi connectivity index (χ0) is 28.8. The van der Waals surface area contributed by atoms with Crippen LogP contribution in [0, 0.1) is 0 Å². The zero-order valence-corrected chi connectivity index (χ0v) is 23.6. The fraction of sp³-hybridized carbons (Fsp3) is 0.290. The molecule has 0 atom stereocenters. The van der Waals surface area contributed by atoms with Crippen molar-refractivity contribution in [3.05, 3.63) is 84.7 Å². The Bertz CT molecular complexity index is 1470. The molecule has 212 valence electrons. The second-order valence-corrected chi connectivity index (χ2v) is 11.0. The predicted molar refractivity (Wildman–Crippen MR) is 160 cm³/mol. The number of ether oxygens (including phenoxy) is 1. The van der Waals surface area contributed by atoms with Gasteiger partial charge in [0.2, 0.25) is 11.8 Å². The summed E-state index contributed by atoms with van der Waals surface area (Å²) >= 11 is 0. The van der Waals surface area contributed by atoms with Crippen LogP contribution in [0.4, 0.5) is 22.0 Å². The summed E-state index contributed by atoms with van der Waals surface area (Å²) in [7, 11) is 0. The first kappa shape index (κ1) is 27.9. The summed E-state index contributed by atoms with van der Waals surface area (Å²) in [4.78, 5) is 31.7. The van der Waals surface area contributed by atoms with Gasteiger partial charge in [-0.2, -0.15) is 5.10 Å². The number of amides is 3. The molecule has 4 aromatic rings. The van der Waals surface area contributed by atoms with Gasteiger partial charge in [-0.1, -0.05) is 26.8 Å². The third-order valence-corrected chi connectivity index (χ3v) is 6.65. The first-order valence-corrected chi connectivity index (χ1v) is 13.7. The highest BCUT2D eigenvalue weighted by Gasteiger charge is 2.22. The van der Waals surface area contributed by atoms with E-state index in [2.05, 4.69) is 46.6 Å². The number of benzene rings is 2. The molecule has 3 N–H and O–H groups in total. The van der Waals surface area contributed by atoms with E-state index in [0.717, 1.165) is 37.3 Å². The number of carbonyl (C=O) groups excluding carboxylic acids is 2. The largest absolute Gasteiger partial charge is 0.439 e. The molecule has 0 unspecified atom stereocenters. The topological polar surface area (TPSA) is 113 Å². The van der Waals surface area contributed by atoms with Crippen molar-refractivity contribution in [3.8, 4) is 17.3 Å². The fourth-order valence-electron chi connectivity index (χ4n) is 4.48. The SMILES string of the molecule is CC(C)(C)c1cc(NC(=O)Nc2ccc(Oc3ccccn3)cc2)n(-c2ccc(NC(=O)CN3CCCC3)cc2)n1. The van der Waals surface area contributed by atoms with Gasteiger partial charge in [-0.25, -0.2) is 14.5 Å². The molecule has 0 spiro atoms. The summed E-state index contributed by atoms with van der Waals surface area (Å²) < 4.78 is 7.41. The van der Waals surface area contributed by atoms with Gasteiger partial charge < -0.3 is 15.4 Å². The number of pyridine rings is 1. The maximum absolute atomic E-state index is 13.0. The Morgan fingerprint density at radius 3 is 2.22 bits per heavy atom. The van der Waals surface area contributed by atoms with Crippen LogP contribution in [-0.2, 0) is 10.2 Å². The molecule has 3 amide bonds. The van der Waals surface area contributed by atoms with Crippen LogP contribution >= 0.6 is 0 Å². The number of hydrogen-bond donors (Lipinski definition) is 3. The van der Waals surface area contributed by atoms with Crippen LogP contribution in [0.2, 0.25) is 0 Å². The number of rotatable bonds is 8. The number of nitrogens with zero attached hydrogens (tertiary/aromatic N) is 4. The van der Waals surface area contributed by atoms with Gasteiger partial charge in [0.1, 0.15) is 11.6 Å². The summed E-state index contributed by atoms with van der Waals surface area (Å²) in [5.41, 5.74) is 2.66. The highest BCUT2D eigenvalue weighted by molar-refractivity contribution is 5.99. The maximum atomic E-state index is 13.0. The Morgan fingerprint density at radius 2 is 1.56 bits per heavy atom. The van der Waals surface area contributed by atoms with E-state index >= 15 is 0 Å². The van der Waals surface area contributed by atoms with Gasteiger partial charge >= 0.3 is 6.03 Å². The number of likely N-dealkylation sites (tertiary alicyclic amines) is 1. The van der Waals surface area contributed by atoms with Crippen molar-refractivity contribution in [2.24, 2.45) is 0 Å². The highest BCUT2D eigenvalue weighted by Crippen LogP contribution is 2.27. The number of nitrogens with one attached hydrogen (secondary N) is 3. The molecule has 3 heterocycles. The third kappa shape index (κ3) is 7.49. The predicted octanol–water partition coefficient (Wildman–Crippen LogP) is 6.04. The van der Waals surface area contributed by atoms with Crippen LogP contribution in [0.25, 0.3) is 5.69 Å². The minimum absolute atomic E-state index is 0.0240. The van der Waals surface area contributed by atoms with Crippen LogP contribution in [0.5, 0.6) is 11.6 Å². The Labute approximate surface area is 239 Å². The quantitative estimate of drug-likeness (QED) is 0.245. The third-order valence-electron chi connectivity index (χ3n) is 6.65. The van der Waals surface area contributed by atoms with Crippen LogP contribution in [0.3, 0.4) is 0 Å². The molecule has 1 aliphatic heterocycles. The van der Waals surface area contributed by atoms with Gasteiger partial charge in [-0.3, -0.25) is 15.0 Å². The average molecular weight is 554 g/mol. The monoisotopic (exact) mass is 553 g/mol. The van der Waals surface area contributed by atoms with Gasteiger partial charge in [-0.05, 0) is 80.5 Å². The number of hydrogen-bond acceptors (Lipinski definition) is 6. The molecule has 0 saturated carbocycles. The first-order chi connectivity index (χ1) is 19.7. The van der Waals surface area contributed by atoms with Crippen LogP contribution < -0.4 is 20.7 Å². The number of urea groups is 1. The maximum Gasteiger partial charge on any atom is 0.324 e. The van der Waals surface area contributed by atoms with Crippen LogP contribution in [-0.4, -0.2) is 51.2 Å². The number of aromatic nitrogens is 3. The fourth-order valence-corrected chi connectivity index (χ4v) is 4.48. The van der Waals surface area contributed by atoms with Crippen LogP contribution in [0.15, 0.2) is 79.0 Å². The molecule has 2 aromatic heterocycles.